The second-order valence-electron chi connectivity index (χ2n) is 8.13. The maximum atomic E-state index is 6.41. The van der Waals surface area contributed by atoms with E-state index >= 15 is 0 Å². The number of aryl methyl sites for hydroxylation is 1. The maximum absolute atomic E-state index is 6.41. The Morgan fingerprint density at radius 2 is 1.65 bits per heavy atom. The molecule has 2 aromatic carbocycles. The van der Waals surface area contributed by atoms with Crippen LogP contribution < -0.4 is 21.1 Å². The predicted molar refractivity (Wildman–Crippen MR) is 122 cm³/mol. The van der Waals surface area contributed by atoms with Crippen molar-refractivity contribution in [3.05, 3.63) is 42.0 Å². The minimum atomic E-state index is -0.488. The fourth-order valence-electron chi connectivity index (χ4n) is 4.60. The van der Waals surface area contributed by atoms with Crippen molar-refractivity contribution in [2.75, 3.05) is 12.0 Å². The van der Waals surface area contributed by atoms with Gasteiger partial charge in [-0.25, -0.2) is 4.99 Å². The van der Waals surface area contributed by atoms with Crippen LogP contribution in [-0.4, -0.2) is 39.7 Å². The van der Waals surface area contributed by atoms with E-state index in [1.807, 2.05) is 48.2 Å². The normalized spacial score (nSPS) is 18.2. The van der Waals surface area contributed by atoms with E-state index in [0.717, 1.165) is 59.4 Å². The number of fused-ring (bicyclic) bond motifs is 1. The molecular formula is C22H26N8O. The number of aliphatic imine (C=N–C) groups is 2. The Bertz CT molecular complexity index is 1190. The average molecular weight is 419 g/mol. The van der Waals surface area contributed by atoms with Gasteiger partial charge in [0.05, 0.1) is 18.5 Å². The van der Waals surface area contributed by atoms with E-state index in [9.17, 15) is 0 Å². The Morgan fingerprint density at radius 1 is 0.968 bits per heavy atom. The highest BCUT2D eigenvalue weighted by molar-refractivity contribution is 6.06. The van der Waals surface area contributed by atoms with Crippen molar-refractivity contribution in [2.24, 2.45) is 21.5 Å². The predicted octanol–water partition coefficient (Wildman–Crippen LogP) is 2.85. The van der Waals surface area contributed by atoms with E-state index in [0.29, 0.717) is 5.96 Å². The van der Waals surface area contributed by atoms with Gasteiger partial charge in [-0.3, -0.25) is 4.90 Å². The molecule has 160 valence electrons. The lowest BCUT2D eigenvalue weighted by atomic mass is 9.87. The first-order valence-corrected chi connectivity index (χ1v) is 10.5. The lowest BCUT2D eigenvalue weighted by Gasteiger charge is -2.46. The molecule has 5 rings (SSSR count). The quantitative estimate of drug-likeness (QED) is 0.675. The number of rotatable bonds is 3. The third-order valence-electron chi connectivity index (χ3n) is 6.09. The number of aromatic nitrogens is 3. The van der Waals surface area contributed by atoms with Gasteiger partial charge in [0.25, 0.3) is 0 Å². The molecule has 0 bridgehead atoms. The number of guanidine groups is 2. The molecule has 0 atom stereocenters. The van der Waals surface area contributed by atoms with E-state index in [2.05, 4.69) is 10.1 Å². The fraction of sp³-hybridized carbons (Fsp3) is 0.364. The molecule has 0 unspecified atom stereocenters. The zero-order chi connectivity index (χ0) is 21.6. The van der Waals surface area contributed by atoms with Gasteiger partial charge in [0.2, 0.25) is 11.9 Å². The van der Waals surface area contributed by atoms with Crippen molar-refractivity contribution in [1.82, 2.24) is 15.0 Å². The number of methoxy groups -OCH3 is 1. The summed E-state index contributed by atoms with van der Waals surface area (Å²) >= 11 is 0. The number of benzene rings is 2. The van der Waals surface area contributed by atoms with Crippen LogP contribution in [0.3, 0.4) is 0 Å². The van der Waals surface area contributed by atoms with Crippen LogP contribution in [0.15, 0.2) is 46.4 Å². The summed E-state index contributed by atoms with van der Waals surface area (Å²) in [6, 6.07) is 11.7. The molecule has 0 radical (unpaired) electrons. The minimum Gasteiger partial charge on any atom is -0.497 e. The third-order valence-corrected chi connectivity index (χ3v) is 6.09. The monoisotopic (exact) mass is 418 g/mol. The molecule has 3 aromatic rings. The number of hydrogen-bond donors (Lipinski definition) is 2. The number of anilines is 1. The average Bonchev–Trinajstić information content (AvgIpc) is 3.16. The lowest BCUT2D eigenvalue weighted by molar-refractivity contribution is 0.305. The van der Waals surface area contributed by atoms with Gasteiger partial charge in [0.1, 0.15) is 22.4 Å². The molecule has 9 nitrogen and oxygen atoms in total. The molecule has 31 heavy (non-hydrogen) atoms. The number of nitrogens with two attached hydrogens (primary N) is 2. The van der Waals surface area contributed by atoms with E-state index in [-0.39, 0.29) is 5.96 Å². The number of hydrogen-bond acceptors (Lipinski definition) is 8. The Morgan fingerprint density at radius 3 is 2.32 bits per heavy atom. The highest BCUT2D eigenvalue weighted by Crippen LogP contribution is 2.41. The summed E-state index contributed by atoms with van der Waals surface area (Å²) in [7, 11) is 1.64. The summed E-state index contributed by atoms with van der Waals surface area (Å²) in [5, 5.41) is 9.36. The second kappa shape index (κ2) is 7.26. The molecule has 1 aliphatic heterocycles. The smallest absolute Gasteiger partial charge is 0.220 e. The SMILES string of the molecule is COc1ccc(-n2nc3cc(C)c(N4C(N)=NC(N)=NC45CCCCC5)cc3n2)cc1. The van der Waals surface area contributed by atoms with Crippen molar-refractivity contribution in [1.29, 1.82) is 0 Å². The second-order valence-corrected chi connectivity index (χ2v) is 8.13. The van der Waals surface area contributed by atoms with Crippen molar-refractivity contribution >= 4 is 28.6 Å². The number of nitrogens with zero attached hydrogens (tertiary/aromatic N) is 6. The van der Waals surface area contributed by atoms with Crippen LogP contribution in [0.1, 0.15) is 37.7 Å². The first-order chi connectivity index (χ1) is 15.0. The van der Waals surface area contributed by atoms with Gasteiger partial charge in [0.15, 0.2) is 0 Å². The van der Waals surface area contributed by atoms with Crippen LogP contribution in [0, 0.1) is 6.92 Å². The molecule has 2 aliphatic rings. The summed E-state index contributed by atoms with van der Waals surface area (Å²) in [6.07, 6.45) is 5.13. The van der Waals surface area contributed by atoms with Gasteiger partial charge in [-0.15, -0.1) is 10.2 Å². The van der Waals surface area contributed by atoms with E-state index in [1.54, 1.807) is 11.9 Å². The third kappa shape index (κ3) is 3.26. The Kier molecular flexibility index (Phi) is 4.53. The molecule has 1 spiro atoms. The number of ether oxygens (including phenoxy) is 1. The molecule has 1 aromatic heterocycles. The van der Waals surface area contributed by atoms with Crippen LogP contribution in [0.25, 0.3) is 16.7 Å². The van der Waals surface area contributed by atoms with Crippen LogP contribution in [-0.2, 0) is 0 Å². The topological polar surface area (TPSA) is 120 Å². The first kappa shape index (κ1) is 19.3. The summed E-state index contributed by atoms with van der Waals surface area (Å²) < 4.78 is 5.24. The molecule has 1 aliphatic carbocycles. The molecule has 0 amide bonds. The molecule has 4 N–H and O–H groups in total. The molecular weight excluding hydrogens is 392 g/mol. The molecule has 2 heterocycles. The molecule has 1 fully saturated rings. The standard InChI is InChI=1S/C22H26N8O/c1-14-12-17-18(28-30(27-17)15-6-8-16(31-2)9-7-15)13-19(14)29-21(24)25-20(23)26-22(29)10-4-3-5-11-22/h6-9,12-13H,3-5,10-11H2,1-2H3,(H4,23,24,25,26). The van der Waals surface area contributed by atoms with Crippen LogP contribution in [0.2, 0.25) is 0 Å². The van der Waals surface area contributed by atoms with Crippen molar-refractivity contribution in [3.63, 3.8) is 0 Å². The summed E-state index contributed by atoms with van der Waals surface area (Å²) in [4.78, 5) is 12.7. The maximum Gasteiger partial charge on any atom is 0.220 e. The Hall–Kier alpha value is -3.62. The zero-order valence-corrected chi connectivity index (χ0v) is 17.7. The van der Waals surface area contributed by atoms with Crippen molar-refractivity contribution < 1.29 is 4.74 Å². The summed E-state index contributed by atoms with van der Waals surface area (Å²) in [5.74, 6) is 1.41. The van der Waals surface area contributed by atoms with Gasteiger partial charge < -0.3 is 16.2 Å². The van der Waals surface area contributed by atoms with Gasteiger partial charge in [-0.1, -0.05) is 6.42 Å². The lowest BCUT2D eigenvalue weighted by Crippen LogP contribution is -2.58. The van der Waals surface area contributed by atoms with Crippen LogP contribution in [0.5, 0.6) is 5.75 Å². The molecule has 0 saturated heterocycles. The van der Waals surface area contributed by atoms with E-state index in [4.69, 9.17) is 26.3 Å². The van der Waals surface area contributed by atoms with Crippen LogP contribution in [0.4, 0.5) is 5.69 Å². The highest BCUT2D eigenvalue weighted by atomic mass is 16.5. The van der Waals surface area contributed by atoms with Crippen LogP contribution >= 0.6 is 0 Å². The van der Waals surface area contributed by atoms with Crippen molar-refractivity contribution in [3.8, 4) is 11.4 Å². The minimum absolute atomic E-state index is 0.250. The van der Waals surface area contributed by atoms with Gasteiger partial charge in [-0.2, -0.15) is 9.79 Å². The Labute approximate surface area is 180 Å². The fourth-order valence-corrected chi connectivity index (χ4v) is 4.60. The summed E-state index contributed by atoms with van der Waals surface area (Å²) in [6.45, 7) is 2.05. The zero-order valence-electron chi connectivity index (χ0n) is 17.7. The summed E-state index contributed by atoms with van der Waals surface area (Å²) in [5.41, 5.74) is 16.3. The highest BCUT2D eigenvalue weighted by Gasteiger charge is 2.43. The Balaban J connectivity index is 1.59. The van der Waals surface area contributed by atoms with Gasteiger partial charge in [-0.05, 0) is 74.6 Å². The molecule has 1 saturated carbocycles. The van der Waals surface area contributed by atoms with Gasteiger partial charge in [0, 0.05) is 0 Å². The largest absolute Gasteiger partial charge is 0.497 e. The van der Waals surface area contributed by atoms with E-state index in [1.165, 1.54) is 6.42 Å². The first-order valence-electron chi connectivity index (χ1n) is 10.5. The van der Waals surface area contributed by atoms with Crippen molar-refractivity contribution in [2.45, 2.75) is 44.7 Å². The van der Waals surface area contributed by atoms with Gasteiger partial charge >= 0.3 is 0 Å². The molecule has 9 heteroatoms. The van der Waals surface area contributed by atoms with E-state index < -0.39 is 5.66 Å².